The number of rotatable bonds is 9. The summed E-state index contributed by atoms with van der Waals surface area (Å²) >= 11 is 0. The van der Waals surface area contributed by atoms with Crippen LogP contribution in [-0.2, 0) is 4.79 Å². The van der Waals surface area contributed by atoms with E-state index in [2.05, 4.69) is 16.3 Å². The minimum atomic E-state index is -0.278. The second kappa shape index (κ2) is 9.88. The van der Waals surface area contributed by atoms with Crippen LogP contribution in [0.15, 0.2) is 42.5 Å². The molecule has 1 N–H and O–H groups in total. The minimum Gasteiger partial charge on any atom is -0.490 e. The molecule has 0 spiro atoms. The zero-order chi connectivity index (χ0) is 19.8. The second-order valence-corrected chi connectivity index (χ2v) is 6.48. The van der Waals surface area contributed by atoms with Crippen LogP contribution in [0.4, 0.5) is 11.4 Å². The molecule has 0 unspecified atom stereocenters. The topological polar surface area (TPSA) is 60.0 Å². The summed E-state index contributed by atoms with van der Waals surface area (Å²) < 4.78 is 16.9. The fraction of sp³-hybridized carbons (Fsp3) is 0.409. The molecular formula is C22H28N2O4. The molecule has 2 aromatic rings. The summed E-state index contributed by atoms with van der Waals surface area (Å²) in [7, 11) is 0. The molecule has 0 radical (unpaired) electrons. The third-order valence-electron chi connectivity index (χ3n) is 4.53. The van der Waals surface area contributed by atoms with Gasteiger partial charge in [0.2, 0.25) is 0 Å². The van der Waals surface area contributed by atoms with Gasteiger partial charge in [-0.05, 0) is 37.6 Å². The van der Waals surface area contributed by atoms with E-state index < -0.39 is 0 Å². The van der Waals surface area contributed by atoms with Gasteiger partial charge in [0.05, 0.1) is 24.5 Å². The number of fused-ring (bicyclic) bond motifs is 1. The van der Waals surface area contributed by atoms with Gasteiger partial charge in [-0.1, -0.05) is 25.1 Å². The summed E-state index contributed by atoms with van der Waals surface area (Å²) in [6.45, 7) is 7.46. The molecule has 1 aliphatic heterocycles. The van der Waals surface area contributed by atoms with Gasteiger partial charge in [-0.3, -0.25) is 4.79 Å². The van der Waals surface area contributed by atoms with E-state index in [1.165, 1.54) is 0 Å². The Kier molecular flexibility index (Phi) is 7.00. The number of esters is 1. The minimum absolute atomic E-state index is 0.278. The predicted molar refractivity (Wildman–Crippen MR) is 111 cm³/mol. The van der Waals surface area contributed by atoms with Crippen molar-refractivity contribution >= 4 is 17.3 Å². The lowest BCUT2D eigenvalue weighted by Gasteiger charge is -2.31. The average molecular weight is 384 g/mol. The maximum Gasteiger partial charge on any atom is 0.311 e. The Hall–Kier alpha value is -2.89. The van der Waals surface area contributed by atoms with E-state index >= 15 is 0 Å². The van der Waals surface area contributed by atoms with Crippen molar-refractivity contribution in [2.45, 2.75) is 26.7 Å². The van der Waals surface area contributed by atoms with Gasteiger partial charge >= 0.3 is 5.97 Å². The highest BCUT2D eigenvalue weighted by Crippen LogP contribution is 2.36. The van der Waals surface area contributed by atoms with Crippen LogP contribution in [0.25, 0.3) is 0 Å². The smallest absolute Gasteiger partial charge is 0.311 e. The number of hydrogen-bond donors (Lipinski definition) is 1. The van der Waals surface area contributed by atoms with E-state index in [0.717, 1.165) is 43.2 Å². The SMILES string of the molecule is CCOc1cccc(NCCCN2CCOc3ccccc32)c1OC(=O)CC. The standard InChI is InChI=1S/C22H28N2O4/c1-3-21(25)28-22-17(9-7-12-20(22)26-4-2)23-13-8-14-24-15-16-27-19-11-6-5-10-18(19)24/h5-7,9-12,23H,3-4,8,13-16H2,1-2H3. The van der Waals surface area contributed by atoms with E-state index in [1.54, 1.807) is 6.92 Å². The van der Waals surface area contributed by atoms with Crippen molar-refractivity contribution in [2.24, 2.45) is 0 Å². The molecule has 0 bridgehead atoms. The van der Waals surface area contributed by atoms with E-state index in [1.807, 2.05) is 43.3 Å². The van der Waals surface area contributed by atoms with Crippen LogP contribution >= 0.6 is 0 Å². The number of hydrogen-bond acceptors (Lipinski definition) is 6. The Morgan fingerprint density at radius 1 is 1.18 bits per heavy atom. The molecule has 28 heavy (non-hydrogen) atoms. The highest BCUT2D eigenvalue weighted by atomic mass is 16.6. The van der Waals surface area contributed by atoms with Crippen molar-refractivity contribution in [2.75, 3.05) is 43.1 Å². The van der Waals surface area contributed by atoms with Gasteiger partial charge in [0, 0.05) is 19.5 Å². The van der Waals surface area contributed by atoms with Gasteiger partial charge in [-0.2, -0.15) is 0 Å². The molecular weight excluding hydrogens is 356 g/mol. The Bertz CT molecular complexity index is 794. The van der Waals surface area contributed by atoms with Gasteiger partial charge in [0.15, 0.2) is 11.5 Å². The summed E-state index contributed by atoms with van der Waals surface area (Å²) in [4.78, 5) is 14.2. The van der Waals surface area contributed by atoms with E-state index in [4.69, 9.17) is 14.2 Å². The number of anilines is 2. The zero-order valence-corrected chi connectivity index (χ0v) is 16.6. The molecule has 6 nitrogen and oxygen atoms in total. The lowest BCUT2D eigenvalue weighted by Crippen LogP contribution is -2.34. The number of carbonyl (C=O) groups excluding carboxylic acids is 1. The molecule has 3 rings (SSSR count). The summed E-state index contributed by atoms with van der Waals surface area (Å²) in [6.07, 6.45) is 1.25. The summed E-state index contributed by atoms with van der Waals surface area (Å²) in [5.41, 5.74) is 1.92. The van der Waals surface area contributed by atoms with Crippen LogP contribution in [0.3, 0.4) is 0 Å². The first-order valence-corrected chi connectivity index (χ1v) is 9.90. The maximum absolute atomic E-state index is 11.8. The molecule has 0 aromatic heterocycles. The zero-order valence-electron chi connectivity index (χ0n) is 16.6. The van der Waals surface area contributed by atoms with Crippen LogP contribution in [0.1, 0.15) is 26.7 Å². The number of carbonyl (C=O) groups is 1. The van der Waals surface area contributed by atoms with Gasteiger partial charge in [-0.25, -0.2) is 0 Å². The first-order chi connectivity index (χ1) is 13.7. The van der Waals surface area contributed by atoms with Gasteiger partial charge in [0.25, 0.3) is 0 Å². The van der Waals surface area contributed by atoms with Crippen LogP contribution in [0.2, 0.25) is 0 Å². The summed E-state index contributed by atoms with van der Waals surface area (Å²) in [5, 5.41) is 3.39. The molecule has 0 saturated heterocycles. The molecule has 1 heterocycles. The molecule has 1 aliphatic rings. The van der Waals surface area contributed by atoms with E-state index in [-0.39, 0.29) is 5.97 Å². The predicted octanol–water partition coefficient (Wildman–Crippen LogP) is 4.10. The van der Waals surface area contributed by atoms with Crippen molar-refractivity contribution in [1.29, 1.82) is 0 Å². The largest absolute Gasteiger partial charge is 0.490 e. The highest BCUT2D eigenvalue weighted by molar-refractivity contribution is 5.76. The molecule has 0 atom stereocenters. The normalized spacial score (nSPS) is 12.7. The van der Waals surface area contributed by atoms with Crippen LogP contribution in [-0.4, -0.2) is 38.8 Å². The number of para-hydroxylation sites is 3. The second-order valence-electron chi connectivity index (χ2n) is 6.48. The third kappa shape index (κ3) is 4.88. The monoisotopic (exact) mass is 384 g/mol. The van der Waals surface area contributed by atoms with Crippen LogP contribution in [0, 0.1) is 0 Å². The molecule has 0 fully saturated rings. The van der Waals surface area contributed by atoms with Crippen molar-refractivity contribution in [3.05, 3.63) is 42.5 Å². The summed E-state index contributed by atoms with van der Waals surface area (Å²) in [5.74, 6) is 1.71. The quantitative estimate of drug-likeness (QED) is 0.399. The van der Waals surface area contributed by atoms with Gasteiger partial charge in [0.1, 0.15) is 12.4 Å². The molecule has 0 aliphatic carbocycles. The summed E-state index contributed by atoms with van der Waals surface area (Å²) in [6, 6.07) is 13.8. The van der Waals surface area contributed by atoms with Crippen LogP contribution in [0.5, 0.6) is 17.2 Å². The van der Waals surface area contributed by atoms with E-state index in [0.29, 0.717) is 31.1 Å². The molecule has 0 saturated carbocycles. The van der Waals surface area contributed by atoms with Crippen molar-refractivity contribution in [3.63, 3.8) is 0 Å². The molecule has 0 amide bonds. The molecule has 6 heteroatoms. The Morgan fingerprint density at radius 2 is 2.04 bits per heavy atom. The highest BCUT2D eigenvalue weighted by Gasteiger charge is 2.17. The van der Waals surface area contributed by atoms with Crippen LogP contribution < -0.4 is 24.4 Å². The average Bonchev–Trinajstić information content (AvgIpc) is 2.73. The lowest BCUT2D eigenvalue weighted by atomic mass is 10.2. The fourth-order valence-corrected chi connectivity index (χ4v) is 3.17. The lowest BCUT2D eigenvalue weighted by molar-refractivity contribution is -0.134. The molecule has 150 valence electrons. The Labute approximate surface area is 166 Å². The van der Waals surface area contributed by atoms with E-state index in [9.17, 15) is 4.79 Å². The third-order valence-corrected chi connectivity index (χ3v) is 4.53. The fourth-order valence-electron chi connectivity index (χ4n) is 3.17. The van der Waals surface area contributed by atoms with Crippen molar-refractivity contribution < 1.29 is 19.0 Å². The Morgan fingerprint density at radius 3 is 2.86 bits per heavy atom. The van der Waals surface area contributed by atoms with Crippen molar-refractivity contribution in [1.82, 2.24) is 0 Å². The first kappa shape index (κ1) is 19.9. The van der Waals surface area contributed by atoms with Crippen molar-refractivity contribution in [3.8, 4) is 17.2 Å². The first-order valence-electron chi connectivity index (χ1n) is 9.90. The number of nitrogens with one attached hydrogen (secondary N) is 1. The number of nitrogens with zero attached hydrogens (tertiary/aromatic N) is 1. The maximum atomic E-state index is 11.8. The molecule has 2 aromatic carbocycles. The van der Waals surface area contributed by atoms with Gasteiger partial charge in [-0.15, -0.1) is 0 Å². The number of benzene rings is 2. The number of ether oxygens (including phenoxy) is 3. The Balaban J connectivity index is 1.60. The van der Waals surface area contributed by atoms with Gasteiger partial charge < -0.3 is 24.4 Å².